The smallest absolute Gasteiger partial charge is 0.223 e. The molecule has 0 atom stereocenters. The molecule has 0 N–H and O–H groups in total. The number of aryl methyl sites for hydroxylation is 1. The summed E-state index contributed by atoms with van der Waals surface area (Å²) >= 11 is 0. The van der Waals surface area contributed by atoms with Gasteiger partial charge in [-0.1, -0.05) is 30.3 Å². The van der Waals surface area contributed by atoms with E-state index in [9.17, 15) is 9.18 Å². The number of nitrogens with zero attached hydrogens (tertiary/aromatic N) is 4. The second-order valence-electron chi connectivity index (χ2n) is 8.80. The van der Waals surface area contributed by atoms with Gasteiger partial charge in [-0.3, -0.25) is 14.3 Å². The number of carbonyl (C=O) groups is 1. The van der Waals surface area contributed by atoms with E-state index < -0.39 is 0 Å². The molecule has 0 saturated carbocycles. The van der Waals surface area contributed by atoms with Crippen LogP contribution in [0.15, 0.2) is 72.8 Å². The summed E-state index contributed by atoms with van der Waals surface area (Å²) < 4.78 is 21.2. The zero-order valence-corrected chi connectivity index (χ0v) is 19.9. The fourth-order valence-electron chi connectivity index (χ4n) is 4.75. The summed E-state index contributed by atoms with van der Waals surface area (Å²) in [5, 5.41) is 0. The van der Waals surface area contributed by atoms with Crippen LogP contribution in [0.1, 0.15) is 17.8 Å². The van der Waals surface area contributed by atoms with Gasteiger partial charge in [0.25, 0.3) is 0 Å². The zero-order chi connectivity index (χ0) is 24.2. The van der Waals surface area contributed by atoms with Gasteiger partial charge in [0.2, 0.25) is 5.91 Å². The largest absolute Gasteiger partial charge is 0.496 e. The van der Waals surface area contributed by atoms with Gasteiger partial charge in [-0.05, 0) is 42.5 Å². The lowest BCUT2D eigenvalue weighted by molar-refractivity contribution is -0.133. The summed E-state index contributed by atoms with van der Waals surface area (Å²) in [6, 6.07) is 22.8. The van der Waals surface area contributed by atoms with E-state index in [4.69, 9.17) is 9.72 Å². The average Bonchev–Trinajstić information content (AvgIpc) is 3.27. The molecule has 180 valence electrons. The molecule has 1 fully saturated rings. The van der Waals surface area contributed by atoms with E-state index in [0.717, 1.165) is 41.2 Å². The van der Waals surface area contributed by atoms with Crippen molar-refractivity contribution in [2.75, 3.05) is 33.3 Å². The van der Waals surface area contributed by atoms with Crippen molar-refractivity contribution in [2.45, 2.75) is 19.4 Å². The van der Waals surface area contributed by atoms with Crippen molar-refractivity contribution >= 4 is 16.9 Å². The van der Waals surface area contributed by atoms with Gasteiger partial charge < -0.3 is 9.64 Å². The minimum absolute atomic E-state index is 0.139. The first-order valence-corrected chi connectivity index (χ1v) is 12.0. The second-order valence-corrected chi connectivity index (χ2v) is 8.80. The third kappa shape index (κ3) is 5.05. The minimum atomic E-state index is -0.267. The molecule has 5 rings (SSSR count). The Morgan fingerprint density at radius 2 is 1.71 bits per heavy atom. The highest BCUT2D eigenvalue weighted by Gasteiger charge is 2.23. The fraction of sp³-hybridized carbons (Fsp3) is 0.286. The lowest BCUT2D eigenvalue weighted by Crippen LogP contribution is -2.48. The molecule has 1 aromatic heterocycles. The summed E-state index contributed by atoms with van der Waals surface area (Å²) in [6.07, 6.45) is 0.983. The van der Waals surface area contributed by atoms with Gasteiger partial charge >= 0.3 is 0 Å². The lowest BCUT2D eigenvalue weighted by atomic mass is 10.1. The SMILES string of the molecule is COc1ccc(F)cc1CN1CCN(C(=O)CCc2nc3ccccc3n2-c2ccccc2)CC1. The first-order valence-electron chi connectivity index (χ1n) is 12.0. The lowest BCUT2D eigenvalue weighted by Gasteiger charge is -2.35. The Bertz CT molecular complexity index is 1310. The van der Waals surface area contributed by atoms with Crippen LogP contribution in [0.25, 0.3) is 16.7 Å². The number of carbonyl (C=O) groups excluding carboxylic acids is 1. The molecular weight excluding hydrogens is 443 g/mol. The summed E-state index contributed by atoms with van der Waals surface area (Å²) in [5.41, 5.74) is 3.85. The van der Waals surface area contributed by atoms with Crippen LogP contribution < -0.4 is 4.74 Å². The number of fused-ring (bicyclic) bond motifs is 1. The van der Waals surface area contributed by atoms with Gasteiger partial charge in [0.1, 0.15) is 17.4 Å². The summed E-state index contributed by atoms with van der Waals surface area (Å²) in [4.78, 5) is 22.0. The van der Waals surface area contributed by atoms with Gasteiger partial charge in [-0.15, -0.1) is 0 Å². The van der Waals surface area contributed by atoms with Gasteiger partial charge in [-0.25, -0.2) is 9.37 Å². The highest BCUT2D eigenvalue weighted by atomic mass is 19.1. The highest BCUT2D eigenvalue weighted by Crippen LogP contribution is 2.24. The third-order valence-electron chi connectivity index (χ3n) is 6.57. The number of hydrogen-bond donors (Lipinski definition) is 0. The number of methoxy groups -OCH3 is 1. The molecule has 3 aromatic carbocycles. The molecule has 35 heavy (non-hydrogen) atoms. The maximum Gasteiger partial charge on any atom is 0.223 e. The van der Waals surface area contributed by atoms with Crippen LogP contribution in [-0.4, -0.2) is 58.5 Å². The van der Waals surface area contributed by atoms with Crippen molar-refractivity contribution in [3.8, 4) is 11.4 Å². The van der Waals surface area contributed by atoms with Crippen molar-refractivity contribution in [3.05, 3.63) is 90.0 Å². The summed E-state index contributed by atoms with van der Waals surface area (Å²) in [5.74, 6) is 1.45. The molecular formula is C28H29FN4O2. The predicted octanol–water partition coefficient (Wildman–Crippen LogP) is 4.45. The monoisotopic (exact) mass is 472 g/mol. The number of ether oxygens (including phenoxy) is 1. The fourth-order valence-corrected chi connectivity index (χ4v) is 4.75. The Balaban J connectivity index is 1.22. The van der Waals surface area contributed by atoms with E-state index in [0.29, 0.717) is 38.2 Å². The number of para-hydroxylation sites is 3. The van der Waals surface area contributed by atoms with Gasteiger partial charge in [-0.2, -0.15) is 0 Å². The van der Waals surface area contributed by atoms with E-state index in [2.05, 4.69) is 27.7 Å². The van der Waals surface area contributed by atoms with Crippen molar-refractivity contribution in [2.24, 2.45) is 0 Å². The third-order valence-corrected chi connectivity index (χ3v) is 6.57. The van der Waals surface area contributed by atoms with E-state index in [1.165, 1.54) is 12.1 Å². The maximum atomic E-state index is 13.7. The number of halogens is 1. The van der Waals surface area contributed by atoms with Gasteiger partial charge in [0, 0.05) is 56.8 Å². The maximum absolute atomic E-state index is 13.7. The quantitative estimate of drug-likeness (QED) is 0.399. The van der Waals surface area contributed by atoms with Gasteiger partial charge in [0.05, 0.1) is 18.1 Å². The Kier molecular flexibility index (Phi) is 6.77. The Hall–Kier alpha value is -3.71. The second kappa shape index (κ2) is 10.3. The number of aromatic nitrogens is 2. The number of hydrogen-bond acceptors (Lipinski definition) is 4. The zero-order valence-electron chi connectivity index (χ0n) is 19.9. The molecule has 6 nitrogen and oxygen atoms in total. The number of rotatable bonds is 7. The normalized spacial score (nSPS) is 14.4. The van der Waals surface area contributed by atoms with E-state index in [1.807, 2.05) is 41.3 Å². The average molecular weight is 473 g/mol. The van der Waals surface area contributed by atoms with E-state index in [-0.39, 0.29) is 11.7 Å². The van der Waals surface area contributed by atoms with Crippen molar-refractivity contribution in [3.63, 3.8) is 0 Å². The molecule has 1 amide bonds. The topological polar surface area (TPSA) is 50.6 Å². The molecule has 0 radical (unpaired) electrons. The van der Waals surface area contributed by atoms with Crippen LogP contribution in [0.5, 0.6) is 5.75 Å². The Labute approximate surface area is 204 Å². The van der Waals surface area contributed by atoms with Crippen LogP contribution in [0.2, 0.25) is 0 Å². The molecule has 4 aromatic rings. The molecule has 2 heterocycles. The molecule has 0 aliphatic carbocycles. The highest BCUT2D eigenvalue weighted by molar-refractivity contribution is 5.79. The molecule has 1 saturated heterocycles. The molecule has 0 bridgehead atoms. The first kappa shape index (κ1) is 23.1. The summed E-state index contributed by atoms with van der Waals surface area (Å²) in [7, 11) is 1.60. The van der Waals surface area contributed by atoms with E-state index in [1.54, 1.807) is 13.2 Å². The van der Waals surface area contributed by atoms with Gasteiger partial charge in [0.15, 0.2) is 0 Å². The number of amides is 1. The molecule has 7 heteroatoms. The number of imidazole rings is 1. The van der Waals surface area contributed by atoms with Crippen LogP contribution in [0.4, 0.5) is 4.39 Å². The molecule has 0 spiro atoms. The van der Waals surface area contributed by atoms with Crippen LogP contribution in [0, 0.1) is 5.82 Å². The Morgan fingerprint density at radius 3 is 2.49 bits per heavy atom. The molecule has 0 unspecified atom stereocenters. The summed E-state index contributed by atoms with van der Waals surface area (Å²) in [6.45, 7) is 3.41. The number of piperazine rings is 1. The van der Waals surface area contributed by atoms with Crippen molar-refractivity contribution < 1.29 is 13.9 Å². The minimum Gasteiger partial charge on any atom is -0.496 e. The van der Waals surface area contributed by atoms with Crippen LogP contribution in [-0.2, 0) is 17.8 Å². The van der Waals surface area contributed by atoms with Crippen molar-refractivity contribution in [1.82, 2.24) is 19.4 Å². The van der Waals surface area contributed by atoms with Crippen molar-refractivity contribution in [1.29, 1.82) is 0 Å². The molecule has 1 aliphatic heterocycles. The number of benzene rings is 3. The predicted molar refractivity (Wildman–Crippen MR) is 134 cm³/mol. The standard InChI is InChI=1S/C28H29FN4O2/c1-35-26-12-11-22(29)19-21(26)20-31-15-17-32(18-16-31)28(34)14-13-27-30-24-9-5-6-10-25(24)33(27)23-7-3-2-4-8-23/h2-12,19H,13-18,20H2,1H3. The molecule has 1 aliphatic rings. The first-order chi connectivity index (χ1) is 17.1. The van der Waals surface area contributed by atoms with Crippen LogP contribution >= 0.6 is 0 Å². The van der Waals surface area contributed by atoms with Crippen LogP contribution in [0.3, 0.4) is 0 Å². The Morgan fingerprint density at radius 1 is 0.971 bits per heavy atom. The van der Waals surface area contributed by atoms with E-state index >= 15 is 0 Å².